The number of Topliss-reactive ketones (excluding diaryl/α,β-unsaturated/α-hetero) is 1. The second-order valence-electron chi connectivity index (χ2n) is 5.41. The first-order chi connectivity index (χ1) is 10.1. The predicted octanol–water partition coefficient (Wildman–Crippen LogP) is 5.33. The normalized spacial score (nSPS) is 20.6. The van der Waals surface area contributed by atoms with Gasteiger partial charge in [0.2, 0.25) is 0 Å². The van der Waals surface area contributed by atoms with Crippen molar-refractivity contribution < 1.29 is 4.79 Å². The van der Waals surface area contributed by atoms with E-state index in [0.29, 0.717) is 0 Å². The molecular weight excluding hydrogens is 296 g/mol. The number of aryl methyl sites for hydroxylation is 1. The number of allylic oxidation sites excluding steroid dienone is 3. The lowest BCUT2D eigenvalue weighted by atomic mass is 9.84. The van der Waals surface area contributed by atoms with Crippen molar-refractivity contribution in [1.29, 1.82) is 0 Å². The summed E-state index contributed by atoms with van der Waals surface area (Å²) in [4.78, 5) is 12.8. The van der Waals surface area contributed by atoms with E-state index in [1.807, 2.05) is 31.2 Å². The average molecular weight is 319 g/mol. The van der Waals surface area contributed by atoms with Crippen LogP contribution in [0.1, 0.15) is 29.3 Å². The first kappa shape index (κ1) is 16.4. The number of hydrogen-bond acceptors (Lipinski definition) is 3. The highest BCUT2D eigenvalue weighted by Crippen LogP contribution is 2.39. The summed E-state index contributed by atoms with van der Waals surface area (Å²) in [5.74, 6) is 0.571. The monoisotopic (exact) mass is 318 g/mol. The van der Waals surface area contributed by atoms with Gasteiger partial charge in [0.15, 0.2) is 5.78 Å². The fourth-order valence-electron chi connectivity index (χ4n) is 2.84. The van der Waals surface area contributed by atoms with Gasteiger partial charge in [0.1, 0.15) is 0 Å². The summed E-state index contributed by atoms with van der Waals surface area (Å²) >= 11 is 3.55. The fourth-order valence-corrected chi connectivity index (χ4v) is 4.42. The summed E-state index contributed by atoms with van der Waals surface area (Å²) in [6.45, 7) is 4.21. The van der Waals surface area contributed by atoms with Crippen molar-refractivity contribution in [3.63, 3.8) is 0 Å². The Morgan fingerprint density at radius 3 is 2.33 bits per heavy atom. The van der Waals surface area contributed by atoms with Gasteiger partial charge < -0.3 is 0 Å². The number of carbonyl (C=O) groups excluding carboxylic acids is 1. The number of ketones is 1. The summed E-state index contributed by atoms with van der Waals surface area (Å²) in [6.07, 6.45) is 9.42. The molecule has 1 aromatic carbocycles. The smallest absolute Gasteiger partial charge is 0.167 e. The molecule has 0 amide bonds. The van der Waals surface area contributed by atoms with Gasteiger partial charge in [-0.25, -0.2) is 0 Å². The van der Waals surface area contributed by atoms with Crippen molar-refractivity contribution >= 4 is 29.3 Å². The number of benzene rings is 1. The van der Waals surface area contributed by atoms with Crippen LogP contribution in [0.15, 0.2) is 46.2 Å². The lowest BCUT2D eigenvalue weighted by Crippen LogP contribution is -2.20. The Morgan fingerprint density at radius 1 is 1.14 bits per heavy atom. The number of thioether (sulfide) groups is 2. The highest BCUT2D eigenvalue weighted by atomic mass is 32.2. The maximum absolute atomic E-state index is 12.8. The molecule has 1 aliphatic carbocycles. The van der Waals surface area contributed by atoms with E-state index in [1.54, 1.807) is 23.5 Å². The van der Waals surface area contributed by atoms with Gasteiger partial charge in [0.05, 0.1) is 0 Å². The van der Waals surface area contributed by atoms with Crippen molar-refractivity contribution in [2.75, 3.05) is 12.5 Å². The summed E-state index contributed by atoms with van der Waals surface area (Å²) in [6, 6.07) is 7.94. The molecule has 1 aliphatic rings. The first-order valence-electron chi connectivity index (χ1n) is 7.14. The molecule has 0 heterocycles. The molecule has 0 aromatic heterocycles. The number of hydrogen-bond donors (Lipinski definition) is 0. The standard InChI is InChI=1S/C18H22OS2/c1-12-8-10-14(11-9-12)17(19)16-7-5-6-15(16)13(2)18(20-3)21-4/h5-6,8-11,15-16H,7H2,1-4H3/t15-,16+/m1/s1. The molecule has 0 bridgehead atoms. The third-order valence-corrected chi connectivity index (χ3v) is 6.42. The zero-order chi connectivity index (χ0) is 15.4. The molecule has 0 N–H and O–H groups in total. The van der Waals surface area contributed by atoms with Crippen molar-refractivity contribution in [1.82, 2.24) is 0 Å². The SMILES string of the molecule is CSC(SC)=C(C)[C@H]1C=CC[C@@H]1C(=O)c1ccc(C)cc1. The van der Waals surface area contributed by atoms with Crippen molar-refractivity contribution in [3.8, 4) is 0 Å². The topological polar surface area (TPSA) is 17.1 Å². The van der Waals surface area contributed by atoms with Crippen LogP contribution in [-0.4, -0.2) is 18.3 Å². The Balaban J connectivity index is 2.25. The van der Waals surface area contributed by atoms with E-state index in [4.69, 9.17) is 0 Å². The van der Waals surface area contributed by atoms with E-state index in [2.05, 4.69) is 31.6 Å². The Labute approximate surface area is 136 Å². The highest BCUT2D eigenvalue weighted by Gasteiger charge is 2.31. The first-order valence-corrected chi connectivity index (χ1v) is 9.59. The fraction of sp³-hybridized carbons (Fsp3) is 0.389. The van der Waals surface area contributed by atoms with E-state index in [9.17, 15) is 4.79 Å². The third-order valence-electron chi connectivity index (χ3n) is 4.03. The average Bonchev–Trinajstić information content (AvgIpc) is 2.97. The van der Waals surface area contributed by atoms with Gasteiger partial charge in [-0.2, -0.15) is 0 Å². The molecule has 112 valence electrons. The largest absolute Gasteiger partial charge is 0.294 e. The van der Waals surface area contributed by atoms with Crippen molar-refractivity contribution in [2.45, 2.75) is 20.3 Å². The Hall–Kier alpha value is -0.930. The van der Waals surface area contributed by atoms with Crippen LogP contribution in [0, 0.1) is 18.8 Å². The summed E-state index contributed by atoms with van der Waals surface area (Å²) < 4.78 is 1.33. The molecular formula is C18H22OS2. The van der Waals surface area contributed by atoms with Crippen LogP contribution in [0.4, 0.5) is 0 Å². The molecule has 3 heteroatoms. The molecule has 1 aromatic rings. The summed E-state index contributed by atoms with van der Waals surface area (Å²) in [5, 5.41) is 0. The van der Waals surface area contributed by atoms with Crippen LogP contribution >= 0.6 is 23.5 Å². The minimum absolute atomic E-state index is 0.0574. The Morgan fingerprint density at radius 2 is 1.76 bits per heavy atom. The highest BCUT2D eigenvalue weighted by molar-refractivity contribution is 8.21. The maximum atomic E-state index is 12.8. The van der Waals surface area contributed by atoms with Gasteiger partial charge in [-0.05, 0) is 38.4 Å². The maximum Gasteiger partial charge on any atom is 0.167 e. The van der Waals surface area contributed by atoms with E-state index >= 15 is 0 Å². The molecule has 0 saturated heterocycles. The lowest BCUT2D eigenvalue weighted by Gasteiger charge is -2.21. The van der Waals surface area contributed by atoms with E-state index in [0.717, 1.165) is 12.0 Å². The van der Waals surface area contributed by atoms with Crippen LogP contribution in [-0.2, 0) is 0 Å². The minimum Gasteiger partial charge on any atom is -0.294 e. The van der Waals surface area contributed by atoms with Crippen LogP contribution in [0.2, 0.25) is 0 Å². The second kappa shape index (κ2) is 7.37. The molecule has 21 heavy (non-hydrogen) atoms. The van der Waals surface area contributed by atoms with E-state index in [1.165, 1.54) is 15.4 Å². The Bertz CT molecular complexity index is 563. The predicted molar refractivity (Wildman–Crippen MR) is 96.0 cm³/mol. The van der Waals surface area contributed by atoms with Gasteiger partial charge in [-0.15, -0.1) is 23.5 Å². The van der Waals surface area contributed by atoms with Crippen molar-refractivity contribution in [3.05, 3.63) is 57.4 Å². The Kier molecular flexibility index (Phi) is 5.77. The molecule has 0 saturated carbocycles. The van der Waals surface area contributed by atoms with Crippen LogP contribution in [0.25, 0.3) is 0 Å². The second-order valence-corrected chi connectivity index (χ2v) is 7.30. The van der Waals surface area contributed by atoms with Gasteiger partial charge in [-0.3, -0.25) is 4.79 Å². The zero-order valence-electron chi connectivity index (χ0n) is 13.1. The van der Waals surface area contributed by atoms with Gasteiger partial charge in [-0.1, -0.05) is 42.0 Å². The molecule has 0 fully saturated rings. The van der Waals surface area contributed by atoms with Gasteiger partial charge in [0, 0.05) is 21.6 Å². The quantitative estimate of drug-likeness (QED) is 0.540. The molecule has 0 radical (unpaired) electrons. The lowest BCUT2D eigenvalue weighted by molar-refractivity contribution is 0.0907. The van der Waals surface area contributed by atoms with Crippen LogP contribution in [0.3, 0.4) is 0 Å². The van der Waals surface area contributed by atoms with Crippen molar-refractivity contribution in [2.24, 2.45) is 11.8 Å². The van der Waals surface area contributed by atoms with Crippen LogP contribution < -0.4 is 0 Å². The summed E-state index contributed by atoms with van der Waals surface area (Å²) in [5.41, 5.74) is 3.35. The molecule has 0 aliphatic heterocycles. The zero-order valence-corrected chi connectivity index (χ0v) is 14.7. The van der Waals surface area contributed by atoms with Crippen LogP contribution in [0.5, 0.6) is 0 Å². The minimum atomic E-state index is 0.0574. The number of rotatable bonds is 5. The number of carbonyl (C=O) groups is 1. The third kappa shape index (κ3) is 3.64. The van der Waals surface area contributed by atoms with E-state index in [-0.39, 0.29) is 17.6 Å². The van der Waals surface area contributed by atoms with Gasteiger partial charge >= 0.3 is 0 Å². The van der Waals surface area contributed by atoms with E-state index < -0.39 is 0 Å². The molecule has 2 rings (SSSR count). The molecule has 0 spiro atoms. The molecule has 1 nitrogen and oxygen atoms in total. The summed E-state index contributed by atoms with van der Waals surface area (Å²) in [7, 11) is 0. The molecule has 0 unspecified atom stereocenters. The van der Waals surface area contributed by atoms with Gasteiger partial charge in [0.25, 0.3) is 0 Å². The molecule has 2 atom stereocenters.